The monoisotopic (exact) mass is 136 g/mol. The molecule has 3 heteroatoms. The van der Waals surface area contributed by atoms with E-state index in [0.29, 0.717) is 5.92 Å². The third kappa shape index (κ3) is 2.09. The fourth-order valence-electron chi connectivity index (χ4n) is 0.720. The number of aromatic nitrogens is 3. The predicted octanol–water partition coefficient (Wildman–Crippen LogP) is 0.870. The van der Waals surface area contributed by atoms with Crippen LogP contribution in [0.1, 0.15) is 19.5 Å². The van der Waals surface area contributed by atoms with E-state index in [1.165, 1.54) is 6.33 Å². The second-order valence-corrected chi connectivity index (χ2v) is 2.62. The van der Waals surface area contributed by atoms with Gasteiger partial charge in [-0.3, -0.25) is 0 Å². The highest BCUT2D eigenvalue weighted by Crippen LogP contribution is 2.00. The second-order valence-electron chi connectivity index (χ2n) is 2.62. The minimum absolute atomic E-state index is 0.592. The smallest absolute Gasteiger partial charge is 0.138 e. The summed E-state index contributed by atoms with van der Waals surface area (Å²) in [4.78, 5) is 3.74. The lowest BCUT2D eigenvalue weighted by atomic mass is 10.1. The highest BCUT2D eigenvalue weighted by atomic mass is 15.1. The fourth-order valence-corrected chi connectivity index (χ4v) is 0.720. The van der Waals surface area contributed by atoms with Crippen LogP contribution in [0.5, 0.6) is 0 Å². The Kier molecular flexibility index (Phi) is 2.31. The van der Waals surface area contributed by atoms with Crippen molar-refractivity contribution in [3.8, 4) is 0 Å². The largest absolute Gasteiger partial charge is 0.231 e. The Bertz CT molecular complexity index is 183. The molecule has 1 heterocycles. The van der Waals surface area contributed by atoms with Crippen LogP contribution in [0.15, 0.2) is 6.33 Å². The molecule has 1 radical (unpaired) electrons. The molecule has 0 fully saturated rings. The molecule has 0 saturated carbocycles. The molecule has 0 unspecified atom stereocenters. The molecule has 0 atom stereocenters. The molecule has 0 aliphatic rings. The van der Waals surface area contributed by atoms with Gasteiger partial charge in [0.1, 0.15) is 12.5 Å². The van der Waals surface area contributed by atoms with Gasteiger partial charge in [0.2, 0.25) is 0 Å². The Morgan fingerprint density at radius 2 is 2.40 bits per heavy atom. The summed E-state index contributed by atoms with van der Waals surface area (Å²) in [5.41, 5.74) is 0.845. The van der Waals surface area contributed by atoms with Crippen molar-refractivity contribution >= 4 is 0 Å². The van der Waals surface area contributed by atoms with Crippen molar-refractivity contribution in [1.82, 2.24) is 15.2 Å². The Labute approximate surface area is 60.5 Å². The first-order chi connectivity index (χ1) is 4.79. The lowest BCUT2D eigenvalue weighted by Gasteiger charge is -1.99. The first-order valence-corrected chi connectivity index (χ1v) is 3.33. The van der Waals surface area contributed by atoms with Gasteiger partial charge in [-0.05, 0) is 12.3 Å². The van der Waals surface area contributed by atoms with E-state index < -0.39 is 0 Å². The molecule has 1 aromatic rings. The van der Waals surface area contributed by atoms with Crippen LogP contribution in [0.4, 0.5) is 0 Å². The molecule has 1 aromatic heterocycles. The third-order valence-corrected chi connectivity index (χ3v) is 1.08. The zero-order valence-electron chi connectivity index (χ0n) is 6.20. The Balaban J connectivity index is 2.59. The van der Waals surface area contributed by atoms with Crippen molar-refractivity contribution in [1.29, 1.82) is 0 Å². The van der Waals surface area contributed by atoms with E-state index in [2.05, 4.69) is 35.2 Å². The molecular formula is C7H10N3. The topological polar surface area (TPSA) is 38.7 Å². The van der Waals surface area contributed by atoms with Gasteiger partial charge in [0.25, 0.3) is 0 Å². The van der Waals surface area contributed by atoms with Crippen LogP contribution < -0.4 is 0 Å². The summed E-state index contributed by atoms with van der Waals surface area (Å²) in [6.07, 6.45) is 5.07. The van der Waals surface area contributed by atoms with E-state index >= 15 is 0 Å². The lowest BCUT2D eigenvalue weighted by Crippen LogP contribution is -1.99. The van der Waals surface area contributed by atoms with Crippen LogP contribution in [-0.4, -0.2) is 15.2 Å². The normalized spacial score (nSPS) is 10.3. The van der Waals surface area contributed by atoms with E-state index in [4.69, 9.17) is 0 Å². The first kappa shape index (κ1) is 7.12. The quantitative estimate of drug-likeness (QED) is 0.605. The van der Waals surface area contributed by atoms with E-state index in [0.717, 1.165) is 12.1 Å². The Hall–Kier alpha value is -0.990. The molecule has 0 amide bonds. The van der Waals surface area contributed by atoms with Gasteiger partial charge in [-0.2, -0.15) is 5.10 Å². The molecule has 1 rings (SSSR count). The standard InChI is InChI=1S/C7H10N3/c1-6(2)3-7-4-8-5-9-10-7/h5-6H,3H2,1-2H3. The summed E-state index contributed by atoms with van der Waals surface area (Å²) in [6, 6.07) is 0. The van der Waals surface area contributed by atoms with Crippen molar-refractivity contribution < 1.29 is 0 Å². The van der Waals surface area contributed by atoms with Gasteiger partial charge in [-0.1, -0.05) is 13.8 Å². The van der Waals surface area contributed by atoms with Crippen molar-refractivity contribution in [3.63, 3.8) is 0 Å². The summed E-state index contributed by atoms with van der Waals surface area (Å²) in [5.74, 6) is 0.592. The second kappa shape index (κ2) is 3.25. The molecule has 53 valence electrons. The number of nitrogens with zero attached hydrogens (tertiary/aromatic N) is 3. The molecular weight excluding hydrogens is 126 g/mol. The summed E-state index contributed by atoms with van der Waals surface area (Å²) in [6.45, 7) is 4.26. The van der Waals surface area contributed by atoms with Crippen molar-refractivity contribution in [2.24, 2.45) is 5.92 Å². The highest BCUT2D eigenvalue weighted by Gasteiger charge is 1.98. The first-order valence-electron chi connectivity index (χ1n) is 3.33. The molecule has 0 saturated heterocycles. The molecule has 0 aliphatic carbocycles. The Morgan fingerprint density at radius 1 is 1.60 bits per heavy atom. The highest BCUT2D eigenvalue weighted by molar-refractivity contribution is 4.89. The van der Waals surface area contributed by atoms with Gasteiger partial charge < -0.3 is 0 Å². The molecule has 0 spiro atoms. The maximum atomic E-state index is 3.85. The average molecular weight is 136 g/mol. The average Bonchev–Trinajstić information content (AvgIpc) is 1.88. The van der Waals surface area contributed by atoms with Gasteiger partial charge in [0.05, 0.1) is 5.69 Å². The van der Waals surface area contributed by atoms with E-state index in [1.54, 1.807) is 0 Å². The van der Waals surface area contributed by atoms with Gasteiger partial charge in [0.15, 0.2) is 0 Å². The SMILES string of the molecule is CC(C)Cc1[c]ncnn1. The molecule has 0 aliphatic heterocycles. The molecule has 0 aromatic carbocycles. The number of hydrogen-bond donors (Lipinski definition) is 0. The zero-order valence-corrected chi connectivity index (χ0v) is 6.20. The summed E-state index contributed by atoms with van der Waals surface area (Å²) < 4.78 is 0. The third-order valence-electron chi connectivity index (χ3n) is 1.08. The number of hydrogen-bond acceptors (Lipinski definition) is 3. The minimum atomic E-state index is 0.592. The van der Waals surface area contributed by atoms with Gasteiger partial charge >= 0.3 is 0 Å². The predicted molar refractivity (Wildman–Crippen MR) is 37.2 cm³/mol. The van der Waals surface area contributed by atoms with Crippen LogP contribution >= 0.6 is 0 Å². The molecule has 10 heavy (non-hydrogen) atoms. The van der Waals surface area contributed by atoms with Crippen molar-refractivity contribution in [2.75, 3.05) is 0 Å². The Morgan fingerprint density at radius 3 is 2.90 bits per heavy atom. The van der Waals surface area contributed by atoms with E-state index in [-0.39, 0.29) is 0 Å². The van der Waals surface area contributed by atoms with Crippen LogP contribution in [0.3, 0.4) is 0 Å². The van der Waals surface area contributed by atoms with Crippen molar-refractivity contribution in [3.05, 3.63) is 18.2 Å². The van der Waals surface area contributed by atoms with Gasteiger partial charge in [-0.25, -0.2) is 4.98 Å². The molecule has 0 N–H and O–H groups in total. The van der Waals surface area contributed by atoms with Gasteiger partial charge in [0, 0.05) is 0 Å². The van der Waals surface area contributed by atoms with Crippen LogP contribution in [0, 0.1) is 12.1 Å². The van der Waals surface area contributed by atoms with Crippen LogP contribution in [0.25, 0.3) is 0 Å². The molecule has 3 nitrogen and oxygen atoms in total. The van der Waals surface area contributed by atoms with E-state index in [1.807, 2.05) is 0 Å². The fraction of sp³-hybridized carbons (Fsp3) is 0.571. The summed E-state index contributed by atoms with van der Waals surface area (Å²) >= 11 is 0. The van der Waals surface area contributed by atoms with Crippen LogP contribution in [-0.2, 0) is 6.42 Å². The van der Waals surface area contributed by atoms with Crippen LogP contribution in [0.2, 0.25) is 0 Å². The zero-order chi connectivity index (χ0) is 7.40. The lowest BCUT2D eigenvalue weighted by molar-refractivity contribution is 0.623. The number of rotatable bonds is 2. The molecule has 0 bridgehead atoms. The van der Waals surface area contributed by atoms with Gasteiger partial charge in [-0.15, -0.1) is 5.10 Å². The minimum Gasteiger partial charge on any atom is -0.231 e. The summed E-state index contributed by atoms with van der Waals surface area (Å²) in [5, 5.41) is 7.50. The van der Waals surface area contributed by atoms with Crippen molar-refractivity contribution in [2.45, 2.75) is 20.3 Å². The summed E-state index contributed by atoms with van der Waals surface area (Å²) in [7, 11) is 0. The maximum absolute atomic E-state index is 3.85. The maximum Gasteiger partial charge on any atom is 0.138 e. The van der Waals surface area contributed by atoms with E-state index in [9.17, 15) is 0 Å².